The Hall–Kier alpha value is -1.38. The van der Waals surface area contributed by atoms with Crippen LogP contribution in [-0.4, -0.2) is 23.9 Å². The summed E-state index contributed by atoms with van der Waals surface area (Å²) < 4.78 is 12.6. The fourth-order valence-corrected chi connectivity index (χ4v) is 1.53. The van der Waals surface area contributed by atoms with E-state index in [4.69, 9.17) is 0 Å². The molecular formula is C12H16FNO. The Morgan fingerprint density at radius 1 is 1.27 bits per heavy atom. The molecule has 0 unspecified atom stereocenters. The Morgan fingerprint density at radius 3 is 2.40 bits per heavy atom. The van der Waals surface area contributed by atoms with Crippen LogP contribution in [0.4, 0.5) is 4.39 Å². The number of nitrogens with zero attached hydrogens (tertiary/aromatic N) is 1. The number of rotatable bonds is 4. The highest BCUT2D eigenvalue weighted by Crippen LogP contribution is 2.12. The SMILES string of the molecule is CCN(CC)C(=O)c1ccccc1CF. The highest BCUT2D eigenvalue weighted by atomic mass is 19.1. The Balaban J connectivity index is 2.99. The minimum Gasteiger partial charge on any atom is -0.339 e. The molecule has 0 aliphatic rings. The van der Waals surface area contributed by atoms with Gasteiger partial charge in [-0.3, -0.25) is 4.79 Å². The summed E-state index contributed by atoms with van der Waals surface area (Å²) in [7, 11) is 0. The number of benzene rings is 1. The molecule has 0 aliphatic heterocycles. The minimum absolute atomic E-state index is 0.0896. The second-order valence-electron chi connectivity index (χ2n) is 3.27. The van der Waals surface area contributed by atoms with Gasteiger partial charge < -0.3 is 4.90 Å². The molecule has 1 aromatic carbocycles. The van der Waals surface area contributed by atoms with E-state index >= 15 is 0 Å². The predicted octanol–water partition coefficient (Wildman–Crippen LogP) is 2.64. The summed E-state index contributed by atoms with van der Waals surface area (Å²) >= 11 is 0. The van der Waals surface area contributed by atoms with Crippen molar-refractivity contribution in [3.05, 3.63) is 35.4 Å². The molecule has 0 radical (unpaired) electrons. The maximum Gasteiger partial charge on any atom is 0.254 e. The number of carbonyl (C=O) groups excluding carboxylic acids is 1. The Morgan fingerprint density at radius 2 is 1.87 bits per heavy atom. The van der Waals surface area contributed by atoms with Crippen molar-refractivity contribution in [2.75, 3.05) is 13.1 Å². The quantitative estimate of drug-likeness (QED) is 0.746. The number of hydrogen-bond donors (Lipinski definition) is 0. The van der Waals surface area contributed by atoms with Crippen molar-refractivity contribution in [1.29, 1.82) is 0 Å². The first-order valence-corrected chi connectivity index (χ1v) is 5.17. The van der Waals surface area contributed by atoms with Crippen LogP contribution in [0.1, 0.15) is 29.8 Å². The lowest BCUT2D eigenvalue weighted by Crippen LogP contribution is -2.31. The molecule has 3 heteroatoms. The monoisotopic (exact) mass is 209 g/mol. The smallest absolute Gasteiger partial charge is 0.254 e. The van der Waals surface area contributed by atoms with Gasteiger partial charge in [0.2, 0.25) is 0 Å². The third-order valence-electron chi connectivity index (χ3n) is 2.44. The summed E-state index contributed by atoms with van der Waals surface area (Å²) in [4.78, 5) is 13.6. The Labute approximate surface area is 89.7 Å². The fraction of sp³-hybridized carbons (Fsp3) is 0.417. The molecule has 1 rings (SSSR count). The summed E-state index contributed by atoms with van der Waals surface area (Å²) in [5, 5.41) is 0. The average molecular weight is 209 g/mol. The van der Waals surface area contributed by atoms with E-state index in [0.29, 0.717) is 24.2 Å². The van der Waals surface area contributed by atoms with E-state index in [-0.39, 0.29) is 5.91 Å². The van der Waals surface area contributed by atoms with E-state index < -0.39 is 6.67 Å². The zero-order chi connectivity index (χ0) is 11.3. The van der Waals surface area contributed by atoms with E-state index in [9.17, 15) is 9.18 Å². The molecule has 1 aromatic rings. The highest BCUT2D eigenvalue weighted by Gasteiger charge is 2.15. The van der Waals surface area contributed by atoms with Gasteiger partial charge in [-0.1, -0.05) is 18.2 Å². The molecule has 0 atom stereocenters. The van der Waals surface area contributed by atoms with Gasteiger partial charge in [0.25, 0.3) is 5.91 Å². The minimum atomic E-state index is -0.594. The van der Waals surface area contributed by atoms with Crippen LogP contribution in [0.25, 0.3) is 0 Å². The zero-order valence-corrected chi connectivity index (χ0v) is 9.16. The molecular weight excluding hydrogens is 193 g/mol. The van der Waals surface area contributed by atoms with Crippen molar-refractivity contribution in [2.45, 2.75) is 20.5 Å². The van der Waals surface area contributed by atoms with Crippen molar-refractivity contribution in [3.8, 4) is 0 Å². The molecule has 2 nitrogen and oxygen atoms in total. The van der Waals surface area contributed by atoms with Crippen molar-refractivity contribution >= 4 is 5.91 Å². The molecule has 0 saturated carbocycles. The van der Waals surface area contributed by atoms with Gasteiger partial charge >= 0.3 is 0 Å². The molecule has 0 heterocycles. The molecule has 0 aromatic heterocycles. The summed E-state index contributed by atoms with van der Waals surface area (Å²) in [6.45, 7) is 4.54. The average Bonchev–Trinajstić information content (AvgIpc) is 2.30. The van der Waals surface area contributed by atoms with Gasteiger partial charge in [-0.25, -0.2) is 4.39 Å². The molecule has 82 valence electrons. The van der Waals surface area contributed by atoms with E-state index in [1.54, 1.807) is 29.2 Å². The van der Waals surface area contributed by atoms with Crippen LogP contribution in [0.15, 0.2) is 24.3 Å². The number of amides is 1. The predicted molar refractivity (Wildman–Crippen MR) is 58.5 cm³/mol. The normalized spacial score (nSPS) is 10.1. The largest absolute Gasteiger partial charge is 0.339 e. The van der Waals surface area contributed by atoms with Gasteiger partial charge in [0.05, 0.1) is 0 Å². The highest BCUT2D eigenvalue weighted by molar-refractivity contribution is 5.95. The van der Waals surface area contributed by atoms with Crippen LogP contribution in [0, 0.1) is 0 Å². The Bertz CT molecular complexity index is 334. The van der Waals surface area contributed by atoms with Crippen LogP contribution in [0.3, 0.4) is 0 Å². The standard InChI is InChI=1S/C12H16FNO/c1-3-14(4-2)12(15)11-8-6-5-7-10(11)9-13/h5-8H,3-4,9H2,1-2H3. The summed E-state index contributed by atoms with van der Waals surface area (Å²) in [6.07, 6.45) is 0. The molecule has 15 heavy (non-hydrogen) atoms. The molecule has 0 bridgehead atoms. The van der Waals surface area contributed by atoms with E-state index in [1.165, 1.54) is 0 Å². The van der Waals surface area contributed by atoms with Crippen LogP contribution < -0.4 is 0 Å². The first kappa shape index (κ1) is 11.7. The second-order valence-corrected chi connectivity index (χ2v) is 3.27. The van der Waals surface area contributed by atoms with E-state index in [0.717, 1.165) is 0 Å². The van der Waals surface area contributed by atoms with E-state index in [2.05, 4.69) is 0 Å². The number of alkyl halides is 1. The van der Waals surface area contributed by atoms with Gasteiger partial charge in [-0.05, 0) is 25.5 Å². The molecule has 0 aliphatic carbocycles. The first-order valence-electron chi connectivity index (χ1n) is 5.17. The lowest BCUT2D eigenvalue weighted by Gasteiger charge is -2.19. The molecule has 0 N–H and O–H groups in total. The number of halogens is 1. The molecule has 0 spiro atoms. The molecule has 0 saturated heterocycles. The van der Waals surface area contributed by atoms with Crippen LogP contribution >= 0.6 is 0 Å². The van der Waals surface area contributed by atoms with Crippen LogP contribution in [0.2, 0.25) is 0 Å². The maximum atomic E-state index is 12.6. The van der Waals surface area contributed by atoms with Crippen molar-refractivity contribution < 1.29 is 9.18 Å². The van der Waals surface area contributed by atoms with E-state index in [1.807, 2.05) is 13.8 Å². The van der Waals surface area contributed by atoms with Gasteiger partial charge in [-0.2, -0.15) is 0 Å². The summed E-state index contributed by atoms with van der Waals surface area (Å²) in [6, 6.07) is 6.83. The van der Waals surface area contributed by atoms with Gasteiger partial charge in [-0.15, -0.1) is 0 Å². The number of hydrogen-bond acceptors (Lipinski definition) is 1. The number of carbonyl (C=O) groups is 1. The summed E-state index contributed by atoms with van der Waals surface area (Å²) in [5.74, 6) is -0.0896. The van der Waals surface area contributed by atoms with Gasteiger partial charge in [0.1, 0.15) is 6.67 Å². The third kappa shape index (κ3) is 2.55. The second kappa shape index (κ2) is 5.49. The molecule has 0 fully saturated rings. The van der Waals surface area contributed by atoms with Gasteiger partial charge in [0, 0.05) is 18.7 Å². The Kier molecular flexibility index (Phi) is 4.28. The van der Waals surface area contributed by atoms with Crippen molar-refractivity contribution in [3.63, 3.8) is 0 Å². The van der Waals surface area contributed by atoms with Crippen molar-refractivity contribution in [2.24, 2.45) is 0 Å². The van der Waals surface area contributed by atoms with Gasteiger partial charge in [0.15, 0.2) is 0 Å². The molecule has 1 amide bonds. The maximum absolute atomic E-state index is 12.6. The van der Waals surface area contributed by atoms with Crippen molar-refractivity contribution in [1.82, 2.24) is 4.90 Å². The lowest BCUT2D eigenvalue weighted by atomic mass is 10.1. The topological polar surface area (TPSA) is 20.3 Å². The third-order valence-corrected chi connectivity index (χ3v) is 2.44. The fourth-order valence-electron chi connectivity index (χ4n) is 1.53. The first-order chi connectivity index (χ1) is 7.24. The lowest BCUT2D eigenvalue weighted by molar-refractivity contribution is 0.0771. The van der Waals surface area contributed by atoms with Crippen LogP contribution in [-0.2, 0) is 6.67 Å². The summed E-state index contributed by atoms with van der Waals surface area (Å²) in [5.41, 5.74) is 0.943. The zero-order valence-electron chi connectivity index (χ0n) is 9.16. The van der Waals surface area contributed by atoms with Crippen LogP contribution in [0.5, 0.6) is 0 Å².